The fourth-order valence-corrected chi connectivity index (χ4v) is 24.2. The fraction of sp³-hybridized carbons (Fsp3) is 0.425. The molecule has 3 saturated heterocycles. The second kappa shape index (κ2) is 47.7. The van der Waals surface area contributed by atoms with Crippen molar-refractivity contribution in [1.29, 1.82) is 0 Å². The van der Waals surface area contributed by atoms with Crippen LogP contribution in [-0.2, 0) is 53.4 Å². The predicted molar refractivity (Wildman–Crippen MR) is 575 cm³/mol. The molecule has 0 bridgehead atoms. The number of carbonyl (C=O) groups excluding carboxylic acids is 6. The highest BCUT2D eigenvalue weighted by Gasteiger charge is 2.43. The minimum absolute atomic E-state index is 0.0586. The first-order chi connectivity index (χ1) is 70.5. The number of carboxylic acids is 3. The lowest BCUT2D eigenvalue weighted by Gasteiger charge is -2.38. The highest BCUT2D eigenvalue weighted by Crippen LogP contribution is 2.45. The van der Waals surface area contributed by atoms with Crippen LogP contribution in [0.5, 0.6) is 0 Å². The van der Waals surface area contributed by atoms with Crippen molar-refractivity contribution < 1.29 is 58.5 Å². The Morgan fingerprint density at radius 1 is 0.349 bits per heavy atom. The number of nitrogens with zero attached hydrogens (tertiary/aromatic N) is 9. The van der Waals surface area contributed by atoms with Crippen molar-refractivity contribution in [3.05, 3.63) is 282 Å². The van der Waals surface area contributed by atoms with Gasteiger partial charge >= 0.3 is 17.9 Å². The molecule has 23 nitrogen and oxygen atoms in total. The van der Waals surface area contributed by atoms with Crippen LogP contribution in [0, 0.1) is 41.4 Å². The fourth-order valence-electron chi connectivity index (χ4n) is 21.2. The quantitative estimate of drug-likeness (QED) is 0.0239. The Balaban J connectivity index is 0.000000150. The molecule has 760 valence electrons. The number of hydrogen-bond acceptors (Lipinski definition) is 18. The molecular weight excluding hydrogens is 1880 g/mol. The second-order valence-electron chi connectivity index (χ2n) is 42.6. The van der Waals surface area contributed by atoms with Crippen LogP contribution >= 0.6 is 34.0 Å². The minimum atomic E-state index is -0.914. The van der Waals surface area contributed by atoms with Crippen LogP contribution in [0.15, 0.2) is 219 Å². The number of aromatic nitrogens is 6. The zero-order valence-corrected chi connectivity index (χ0v) is 87.4. The monoisotopic (exact) mass is 2020 g/mol. The summed E-state index contributed by atoms with van der Waals surface area (Å²) in [7, 11) is 0. The number of benzene rings is 6. The van der Waals surface area contributed by atoms with E-state index in [1.165, 1.54) is 162 Å². The van der Waals surface area contributed by atoms with E-state index in [-0.39, 0.29) is 92.7 Å². The number of aliphatic carboxylic acids is 3. The molecule has 0 spiro atoms. The van der Waals surface area contributed by atoms with Crippen LogP contribution < -0.4 is 10.6 Å². The van der Waals surface area contributed by atoms with Gasteiger partial charge in [-0.05, 0) is 242 Å². The SMILES string of the molecule is CCC1CCC(c2ccc(-c3cnc(-c4ccc(C[C@H](CC(=O)c5ccc(C(C)(C)C)s5)C(=O)N5CC[C@H](C(=O)O)C5)cc4)nc3)cc2)CC1.CCC1CCC(c2ccc(-c3cnc(-c4ccc(C[C@H](NC(=O)c5ccc(C(C)C)s5)C(=O)N5CC(C(=O)O)C5)cc4)nc3)cc2)CC1.CCC1CCC(c2ccc(-c3cnc(-c4ccc(C[C@H](NC(=O)c5ccc(C6CC6)s5)C(=O)N5CC(C(=O)O)C5)cc4)nc3)cc2)CC1. The van der Waals surface area contributed by atoms with Gasteiger partial charge in [0.25, 0.3) is 11.8 Å². The molecule has 0 radical (unpaired) electrons. The van der Waals surface area contributed by atoms with Crippen molar-refractivity contribution in [3.63, 3.8) is 0 Å². The van der Waals surface area contributed by atoms with Crippen molar-refractivity contribution in [3.8, 4) is 67.5 Å². The number of carbonyl (C=O) groups is 9. The van der Waals surface area contributed by atoms with Gasteiger partial charge in [-0.25, -0.2) is 29.9 Å². The number of rotatable bonds is 33. The highest BCUT2D eigenvalue weighted by atomic mass is 32.1. The van der Waals surface area contributed by atoms with E-state index in [0.717, 1.165) is 107 Å². The molecule has 0 unspecified atom stereocenters. The normalized spacial score (nSPS) is 19.7. The van der Waals surface area contributed by atoms with Crippen LogP contribution in [0.25, 0.3) is 67.5 Å². The summed E-state index contributed by atoms with van der Waals surface area (Å²) >= 11 is 4.38. The first kappa shape index (κ1) is 104. The van der Waals surface area contributed by atoms with Gasteiger partial charge in [0, 0.05) is 150 Å². The lowest BCUT2D eigenvalue weighted by Crippen LogP contribution is -2.59. The number of likely N-dealkylation sites (tertiary alicyclic amines) is 3. The molecule has 5 amide bonds. The van der Waals surface area contributed by atoms with Crippen molar-refractivity contribution in [2.75, 3.05) is 39.3 Å². The third-order valence-corrected chi connectivity index (χ3v) is 35.3. The summed E-state index contributed by atoms with van der Waals surface area (Å²) in [5, 5.41) is 34.0. The van der Waals surface area contributed by atoms with Gasteiger partial charge in [0.1, 0.15) is 12.1 Å². The third-order valence-electron chi connectivity index (χ3n) is 31.2. The summed E-state index contributed by atoms with van der Waals surface area (Å²) in [6.07, 6.45) is 34.5. The van der Waals surface area contributed by atoms with Crippen LogP contribution in [0.3, 0.4) is 0 Å². The standard InChI is InChI=1S/C42H49N3O4S.C39H42N4O4S.C39H44N4O4S/c1-5-27-6-10-29(11-7-27)30-14-16-31(17-15-30)35-24-43-39(44-25-35)32-12-8-28(9-13-32)22-34(40(47)45-21-20-33(26-45)41(48)49)23-36(46)37-18-19-38(50-37)42(2,3)4;1-2-24-3-7-26(8-4-24)27-11-13-28(14-12-27)31-20-40-36(41-21-31)30-9-5-25(6-10-30)19-33(38(45)43-22-32(23-43)39(46)47)42-37(44)35-18-17-34(48-35)29-15-16-29;1-4-25-5-9-27(10-6-25)28-13-15-29(16-14-28)31-20-40-36(41-21-31)30-11-7-26(8-12-30)19-33(38(45)43-22-32(23-43)39(46)47)42-37(44)35-18-17-34(48-35)24(2)3/h8-9,12-19,24-25,27,29,33-34H,5-7,10-11,20-23,26H2,1-4H3,(H,48,49);5-6,9-14,17-18,20-21,24,26,29,32-33H,2-4,7-8,15-16,19,22-23H2,1H3,(H,42,44)(H,46,47);7-8,11-18,20-21,24-25,27,32-33H,4-6,9-10,19,22-23H2,1-3H3,(H,42,44)(H,46,47)/t27?,29?,33-,34+;24?,26?,33-;25?,27?,33-/m000/s1. The number of hydrogen-bond donors (Lipinski definition) is 5. The molecule has 12 aromatic rings. The number of Topliss-reactive ketones (excluding diaryl/α,β-unsaturated/α-hetero) is 1. The number of amides is 5. The van der Waals surface area contributed by atoms with Crippen LogP contribution in [-0.4, -0.2) is 165 Å². The molecule has 4 atom stereocenters. The largest absolute Gasteiger partial charge is 0.481 e. The van der Waals surface area contributed by atoms with Crippen molar-refractivity contribution >= 4 is 87.2 Å². The molecule has 19 rings (SSSR count). The number of ketones is 1. The predicted octanol–water partition coefficient (Wildman–Crippen LogP) is 24.1. The van der Waals surface area contributed by atoms with Crippen LogP contribution in [0.4, 0.5) is 0 Å². The first-order valence-corrected chi connectivity index (χ1v) is 55.0. The summed E-state index contributed by atoms with van der Waals surface area (Å²) < 4.78 is 0. The molecule has 5 N–H and O–H groups in total. The van der Waals surface area contributed by atoms with E-state index in [1.54, 1.807) is 11.0 Å². The van der Waals surface area contributed by atoms with E-state index in [0.29, 0.717) is 81.1 Å². The molecule has 6 aromatic heterocycles. The maximum Gasteiger partial charge on any atom is 0.310 e. The van der Waals surface area contributed by atoms with Gasteiger partial charge in [0.15, 0.2) is 23.3 Å². The van der Waals surface area contributed by atoms with E-state index < -0.39 is 53.7 Å². The van der Waals surface area contributed by atoms with Crippen molar-refractivity contribution in [2.45, 2.75) is 244 Å². The Bertz CT molecular complexity index is 6250. The molecule has 7 fully saturated rings. The lowest BCUT2D eigenvalue weighted by atomic mass is 9.78. The van der Waals surface area contributed by atoms with Crippen molar-refractivity contribution in [1.82, 2.24) is 55.2 Å². The van der Waals surface area contributed by atoms with Gasteiger partial charge in [-0.1, -0.05) is 220 Å². The van der Waals surface area contributed by atoms with Gasteiger partial charge in [0.2, 0.25) is 17.7 Å². The topological polar surface area (TPSA) is 325 Å². The van der Waals surface area contributed by atoms with Crippen LogP contribution in [0.1, 0.15) is 284 Å². The summed E-state index contributed by atoms with van der Waals surface area (Å²) in [4.78, 5) is 153. The average Bonchev–Trinajstić information content (AvgIpc) is 1.03. The maximum atomic E-state index is 13.8. The number of nitrogens with one attached hydrogen (secondary N) is 2. The molecular formula is C120H135N11O12S3. The molecule has 6 aromatic carbocycles. The molecule has 4 saturated carbocycles. The Morgan fingerprint density at radius 2 is 0.685 bits per heavy atom. The molecule has 9 heterocycles. The molecule has 146 heavy (non-hydrogen) atoms. The Hall–Kier alpha value is -12.9. The zero-order chi connectivity index (χ0) is 102. The molecule has 3 aliphatic heterocycles. The van der Waals surface area contributed by atoms with E-state index in [9.17, 15) is 58.5 Å². The number of carboxylic acid groups (broad SMARTS) is 3. The summed E-state index contributed by atoms with van der Waals surface area (Å²) in [5.74, 6) is 1.00. The second-order valence-corrected chi connectivity index (χ2v) is 45.9. The first-order valence-electron chi connectivity index (χ1n) is 52.5. The van der Waals surface area contributed by atoms with Gasteiger partial charge in [-0.2, -0.15) is 0 Å². The summed E-state index contributed by atoms with van der Waals surface area (Å²) in [6, 6.07) is 59.7. The van der Waals surface area contributed by atoms with Gasteiger partial charge < -0.3 is 40.7 Å². The Kier molecular flexibility index (Phi) is 34.1. The number of thiophene rings is 3. The van der Waals surface area contributed by atoms with Gasteiger partial charge in [-0.3, -0.25) is 43.2 Å². The average molecular weight is 2020 g/mol. The van der Waals surface area contributed by atoms with E-state index in [2.05, 4.69) is 169 Å². The Morgan fingerprint density at radius 3 is 1.01 bits per heavy atom. The molecule has 4 aliphatic carbocycles. The van der Waals surface area contributed by atoms with Crippen LogP contribution in [0.2, 0.25) is 0 Å². The zero-order valence-electron chi connectivity index (χ0n) is 84.9. The van der Waals surface area contributed by atoms with Gasteiger partial charge in [-0.15, -0.1) is 34.0 Å². The van der Waals surface area contributed by atoms with E-state index in [1.807, 2.05) is 140 Å². The molecule has 7 aliphatic rings. The third kappa shape index (κ3) is 26.4. The van der Waals surface area contributed by atoms with E-state index >= 15 is 0 Å². The highest BCUT2D eigenvalue weighted by molar-refractivity contribution is 7.14. The summed E-state index contributed by atoms with van der Waals surface area (Å²) in [6.45, 7) is 18.6. The van der Waals surface area contributed by atoms with E-state index in [4.69, 9.17) is 0 Å². The Labute approximate surface area is 868 Å². The smallest absolute Gasteiger partial charge is 0.310 e. The van der Waals surface area contributed by atoms with Crippen molar-refractivity contribution in [2.24, 2.45) is 41.4 Å². The minimum Gasteiger partial charge on any atom is -0.481 e. The molecule has 26 heteroatoms. The lowest BCUT2D eigenvalue weighted by molar-refractivity contribution is -0.155. The summed E-state index contributed by atoms with van der Waals surface area (Å²) in [5.41, 5.74) is 15.7. The van der Waals surface area contributed by atoms with Gasteiger partial charge in [0.05, 0.1) is 32.4 Å². The maximum absolute atomic E-state index is 13.8.